The van der Waals surface area contributed by atoms with Crippen molar-refractivity contribution in [3.63, 3.8) is 0 Å². The summed E-state index contributed by atoms with van der Waals surface area (Å²) in [6.07, 6.45) is 1.67. The Kier molecular flexibility index (Phi) is 5.58. The highest BCUT2D eigenvalue weighted by molar-refractivity contribution is 6.32. The van der Waals surface area contributed by atoms with Crippen LogP contribution in [-0.4, -0.2) is 30.1 Å². The predicted molar refractivity (Wildman–Crippen MR) is 102 cm³/mol. The van der Waals surface area contributed by atoms with Crippen LogP contribution in [-0.2, 0) is 0 Å². The van der Waals surface area contributed by atoms with Crippen molar-refractivity contribution in [2.75, 3.05) is 23.3 Å². The molecule has 2 aromatic rings. The molecule has 0 aromatic heterocycles. The number of nitro groups is 1. The summed E-state index contributed by atoms with van der Waals surface area (Å²) in [6, 6.07) is 14.0. The summed E-state index contributed by atoms with van der Waals surface area (Å²) in [5.74, 6) is 0. The van der Waals surface area contributed by atoms with Gasteiger partial charge in [-0.3, -0.25) is 10.1 Å². The fraction of sp³-hybridized carbons (Fsp3) is 0.278. The third-order valence-electron chi connectivity index (χ3n) is 4.35. The van der Waals surface area contributed by atoms with Gasteiger partial charge in [-0.05, 0) is 37.1 Å². The number of piperidine rings is 1. The maximum absolute atomic E-state index is 12.2. The lowest BCUT2D eigenvalue weighted by Gasteiger charge is -2.33. The molecule has 1 heterocycles. The van der Waals surface area contributed by atoms with Gasteiger partial charge in [-0.1, -0.05) is 29.8 Å². The SMILES string of the molecule is O=C(Nc1ccc(Cl)c([N+](=O)[O-])c1)NC1CCN(c2ccccc2)CC1. The van der Waals surface area contributed by atoms with Gasteiger partial charge in [0.2, 0.25) is 0 Å². The largest absolute Gasteiger partial charge is 0.371 e. The Labute approximate surface area is 156 Å². The number of amides is 2. The molecule has 26 heavy (non-hydrogen) atoms. The maximum atomic E-state index is 12.2. The van der Waals surface area contributed by atoms with Crippen molar-refractivity contribution < 1.29 is 9.72 Å². The first-order chi connectivity index (χ1) is 12.5. The lowest BCUT2D eigenvalue weighted by molar-refractivity contribution is -0.384. The zero-order valence-electron chi connectivity index (χ0n) is 14.0. The third-order valence-corrected chi connectivity index (χ3v) is 4.67. The highest BCUT2D eigenvalue weighted by Gasteiger charge is 2.21. The van der Waals surface area contributed by atoms with Crippen molar-refractivity contribution in [3.8, 4) is 0 Å². The Bertz CT molecular complexity index is 792. The molecule has 7 nitrogen and oxygen atoms in total. The van der Waals surface area contributed by atoms with Crippen LogP contribution in [0.2, 0.25) is 5.02 Å². The smallest absolute Gasteiger partial charge is 0.319 e. The summed E-state index contributed by atoms with van der Waals surface area (Å²) in [7, 11) is 0. The van der Waals surface area contributed by atoms with E-state index in [-0.39, 0.29) is 22.8 Å². The first kappa shape index (κ1) is 18.0. The summed E-state index contributed by atoms with van der Waals surface area (Å²) >= 11 is 5.77. The molecule has 2 aromatic carbocycles. The zero-order chi connectivity index (χ0) is 18.5. The van der Waals surface area contributed by atoms with Gasteiger partial charge >= 0.3 is 6.03 Å². The van der Waals surface area contributed by atoms with E-state index in [4.69, 9.17) is 11.6 Å². The molecule has 1 fully saturated rings. The molecule has 0 atom stereocenters. The number of nitrogens with one attached hydrogen (secondary N) is 2. The number of anilines is 2. The minimum Gasteiger partial charge on any atom is -0.371 e. The summed E-state index contributed by atoms with van der Waals surface area (Å²) in [5.41, 5.74) is 1.28. The zero-order valence-corrected chi connectivity index (χ0v) is 14.8. The summed E-state index contributed by atoms with van der Waals surface area (Å²) in [6.45, 7) is 1.72. The van der Waals surface area contributed by atoms with Gasteiger partial charge in [0, 0.05) is 36.6 Å². The fourth-order valence-corrected chi connectivity index (χ4v) is 3.19. The lowest BCUT2D eigenvalue weighted by Crippen LogP contribution is -2.46. The van der Waals surface area contributed by atoms with Crippen molar-refractivity contribution in [2.45, 2.75) is 18.9 Å². The molecule has 0 saturated carbocycles. The van der Waals surface area contributed by atoms with E-state index in [2.05, 4.69) is 27.7 Å². The Morgan fingerprint density at radius 1 is 1.15 bits per heavy atom. The Balaban J connectivity index is 1.52. The van der Waals surface area contributed by atoms with Gasteiger partial charge in [0.25, 0.3) is 5.69 Å². The second-order valence-corrected chi connectivity index (χ2v) is 6.53. The minimum absolute atomic E-state index is 0.0363. The molecule has 0 unspecified atom stereocenters. The van der Waals surface area contributed by atoms with E-state index in [0.717, 1.165) is 25.9 Å². The molecule has 136 valence electrons. The van der Waals surface area contributed by atoms with Crippen LogP contribution in [0.1, 0.15) is 12.8 Å². The van der Waals surface area contributed by atoms with Crippen LogP contribution in [0.15, 0.2) is 48.5 Å². The highest BCUT2D eigenvalue weighted by Crippen LogP contribution is 2.27. The molecule has 1 saturated heterocycles. The molecule has 2 N–H and O–H groups in total. The van der Waals surface area contributed by atoms with E-state index in [0.29, 0.717) is 5.69 Å². The molecule has 0 spiro atoms. The van der Waals surface area contributed by atoms with E-state index in [1.807, 2.05) is 18.2 Å². The van der Waals surface area contributed by atoms with Crippen LogP contribution >= 0.6 is 11.6 Å². The van der Waals surface area contributed by atoms with Crippen molar-refractivity contribution in [2.24, 2.45) is 0 Å². The van der Waals surface area contributed by atoms with E-state index < -0.39 is 4.92 Å². The maximum Gasteiger partial charge on any atom is 0.319 e. The number of halogens is 1. The first-order valence-electron chi connectivity index (χ1n) is 8.34. The van der Waals surface area contributed by atoms with E-state index in [9.17, 15) is 14.9 Å². The van der Waals surface area contributed by atoms with Gasteiger partial charge in [-0.25, -0.2) is 4.79 Å². The molecule has 1 aliphatic rings. The summed E-state index contributed by atoms with van der Waals surface area (Å²) < 4.78 is 0. The third kappa shape index (κ3) is 4.43. The summed E-state index contributed by atoms with van der Waals surface area (Å²) in [5, 5.41) is 16.5. The number of nitro benzene ring substituents is 1. The molecule has 3 rings (SSSR count). The van der Waals surface area contributed by atoms with Gasteiger partial charge in [-0.15, -0.1) is 0 Å². The average molecular weight is 375 g/mol. The van der Waals surface area contributed by atoms with Crippen LogP contribution in [0.25, 0.3) is 0 Å². The second-order valence-electron chi connectivity index (χ2n) is 6.12. The van der Waals surface area contributed by atoms with E-state index in [1.54, 1.807) is 0 Å². The quantitative estimate of drug-likeness (QED) is 0.624. The number of nitrogens with zero attached hydrogens (tertiary/aromatic N) is 2. The van der Waals surface area contributed by atoms with Gasteiger partial charge in [0.15, 0.2) is 0 Å². The number of rotatable bonds is 4. The number of benzene rings is 2. The molecule has 2 amide bonds. The van der Waals surface area contributed by atoms with E-state index in [1.165, 1.54) is 23.9 Å². The highest BCUT2D eigenvalue weighted by atomic mass is 35.5. The minimum atomic E-state index is -0.579. The number of carbonyl (C=O) groups is 1. The number of urea groups is 1. The number of hydrogen-bond donors (Lipinski definition) is 2. The number of para-hydroxylation sites is 1. The summed E-state index contributed by atoms with van der Waals surface area (Å²) in [4.78, 5) is 24.8. The average Bonchev–Trinajstić information content (AvgIpc) is 2.64. The van der Waals surface area contributed by atoms with Crippen molar-refractivity contribution >= 4 is 34.7 Å². The van der Waals surface area contributed by atoms with Gasteiger partial charge in [0.1, 0.15) is 5.02 Å². The Morgan fingerprint density at radius 3 is 2.50 bits per heavy atom. The van der Waals surface area contributed by atoms with Crippen molar-refractivity contribution in [3.05, 3.63) is 63.7 Å². The monoisotopic (exact) mass is 374 g/mol. The van der Waals surface area contributed by atoms with Crippen molar-refractivity contribution in [1.82, 2.24) is 5.32 Å². The standard InChI is InChI=1S/C18H19ClN4O3/c19-16-7-6-14(12-17(16)23(25)26)21-18(24)20-13-8-10-22(11-9-13)15-4-2-1-3-5-15/h1-7,12-13H,8-11H2,(H2,20,21,24). The molecule has 0 aliphatic carbocycles. The molecule has 8 heteroatoms. The normalized spacial score (nSPS) is 14.7. The Morgan fingerprint density at radius 2 is 1.85 bits per heavy atom. The topological polar surface area (TPSA) is 87.5 Å². The number of carbonyl (C=O) groups excluding carboxylic acids is 1. The van der Waals surface area contributed by atoms with Crippen LogP contribution < -0.4 is 15.5 Å². The predicted octanol–water partition coefficient (Wildman–Crippen LogP) is 4.04. The molecule has 0 radical (unpaired) electrons. The lowest BCUT2D eigenvalue weighted by atomic mass is 10.0. The molecular formula is C18H19ClN4O3. The molecule has 0 bridgehead atoms. The molecular weight excluding hydrogens is 356 g/mol. The van der Waals surface area contributed by atoms with Crippen LogP contribution in [0.4, 0.5) is 21.9 Å². The second kappa shape index (κ2) is 8.05. The first-order valence-corrected chi connectivity index (χ1v) is 8.72. The van der Waals surface area contributed by atoms with Gasteiger partial charge in [-0.2, -0.15) is 0 Å². The number of hydrogen-bond acceptors (Lipinski definition) is 4. The van der Waals surface area contributed by atoms with E-state index >= 15 is 0 Å². The van der Waals surface area contributed by atoms with Crippen molar-refractivity contribution in [1.29, 1.82) is 0 Å². The van der Waals surface area contributed by atoms with Crippen LogP contribution in [0.3, 0.4) is 0 Å². The van der Waals surface area contributed by atoms with Crippen LogP contribution in [0.5, 0.6) is 0 Å². The fourth-order valence-electron chi connectivity index (χ4n) is 3.00. The molecule has 1 aliphatic heterocycles. The van der Waals surface area contributed by atoms with Gasteiger partial charge < -0.3 is 15.5 Å². The Hall–Kier alpha value is -2.80. The van der Waals surface area contributed by atoms with Gasteiger partial charge in [0.05, 0.1) is 4.92 Å². The van der Waals surface area contributed by atoms with Crippen LogP contribution in [0, 0.1) is 10.1 Å².